The minimum Gasteiger partial charge on any atom is -0.313 e. The van der Waals surface area contributed by atoms with Gasteiger partial charge in [0.1, 0.15) is 5.78 Å². The van der Waals surface area contributed by atoms with Crippen LogP contribution in [0.3, 0.4) is 0 Å². The largest absolute Gasteiger partial charge is 0.313 e. The van der Waals surface area contributed by atoms with E-state index in [1.807, 2.05) is 0 Å². The van der Waals surface area contributed by atoms with Crippen molar-refractivity contribution in [1.82, 2.24) is 0 Å². The van der Waals surface area contributed by atoms with Gasteiger partial charge in [-0.25, -0.2) is 0 Å². The summed E-state index contributed by atoms with van der Waals surface area (Å²) < 4.78 is 0. The first kappa shape index (κ1) is 11.4. The highest BCUT2D eigenvalue weighted by Crippen LogP contribution is 2.32. The summed E-state index contributed by atoms with van der Waals surface area (Å²) in [4.78, 5) is 10.8. The molecule has 0 aliphatic heterocycles. The maximum Gasteiger partial charge on any atom is 0.129 e. The number of carbonyl (C=O) groups excluding carboxylic acids is 1. The molecule has 2 heteroatoms. The molecule has 1 saturated carbocycles. The minimum absolute atomic E-state index is 0.326. The van der Waals surface area contributed by atoms with Gasteiger partial charge in [0.05, 0.1) is 0 Å². The predicted octanol–water partition coefficient (Wildman–Crippen LogP) is 3.20. The van der Waals surface area contributed by atoms with Crippen molar-refractivity contribution >= 4 is 12.0 Å². The van der Waals surface area contributed by atoms with E-state index in [1.54, 1.807) is 13.1 Å². The Bertz CT molecular complexity index is 192. The van der Waals surface area contributed by atoms with Crippen molar-refractivity contribution in [3.63, 3.8) is 0 Å². The Hall–Kier alpha value is -0.660. The second-order valence-corrected chi connectivity index (χ2v) is 4.57. The highest BCUT2D eigenvalue weighted by molar-refractivity contribution is 5.75. The first-order valence-corrected chi connectivity index (χ1v) is 5.70. The van der Waals surface area contributed by atoms with Gasteiger partial charge >= 0.3 is 0 Å². The van der Waals surface area contributed by atoms with Gasteiger partial charge in [0.25, 0.3) is 0 Å². The first-order chi connectivity index (χ1) is 6.72. The number of rotatable bonds is 5. The summed E-state index contributed by atoms with van der Waals surface area (Å²) in [6, 6.07) is 0. The van der Waals surface area contributed by atoms with Gasteiger partial charge in [-0.2, -0.15) is 0 Å². The van der Waals surface area contributed by atoms with Crippen LogP contribution in [0.15, 0.2) is 0 Å². The zero-order valence-electron chi connectivity index (χ0n) is 9.09. The van der Waals surface area contributed by atoms with Gasteiger partial charge in [-0.05, 0) is 50.7 Å². The fourth-order valence-electron chi connectivity index (χ4n) is 2.33. The van der Waals surface area contributed by atoms with Gasteiger partial charge in [0.15, 0.2) is 0 Å². The van der Waals surface area contributed by atoms with Crippen molar-refractivity contribution in [2.75, 3.05) is 0 Å². The molecular weight excluding hydrogens is 174 g/mol. The predicted molar refractivity (Wildman–Crippen MR) is 58.8 cm³/mol. The summed E-state index contributed by atoms with van der Waals surface area (Å²) in [5.74, 6) is 1.86. The van der Waals surface area contributed by atoms with Crippen LogP contribution in [0, 0.1) is 17.2 Å². The first-order valence-electron chi connectivity index (χ1n) is 5.70. The fraction of sp³-hybridized carbons (Fsp3) is 0.833. The van der Waals surface area contributed by atoms with Crippen molar-refractivity contribution in [3.05, 3.63) is 0 Å². The van der Waals surface area contributed by atoms with Crippen LogP contribution < -0.4 is 0 Å². The molecule has 0 heterocycles. The highest BCUT2D eigenvalue weighted by Gasteiger charge is 2.20. The second-order valence-electron chi connectivity index (χ2n) is 4.57. The number of hydrogen-bond donors (Lipinski definition) is 1. The molecule has 0 aromatic carbocycles. The molecule has 1 aliphatic rings. The van der Waals surface area contributed by atoms with Gasteiger partial charge in [-0.3, -0.25) is 0 Å². The van der Waals surface area contributed by atoms with Crippen molar-refractivity contribution in [2.45, 2.75) is 51.9 Å². The maximum atomic E-state index is 10.8. The smallest absolute Gasteiger partial charge is 0.129 e. The van der Waals surface area contributed by atoms with Crippen LogP contribution in [0.25, 0.3) is 0 Å². The van der Waals surface area contributed by atoms with Gasteiger partial charge < -0.3 is 10.2 Å². The summed E-state index contributed by atoms with van der Waals surface area (Å²) in [5, 5.41) is 7.06. The van der Waals surface area contributed by atoms with E-state index in [-0.39, 0.29) is 0 Å². The Morgan fingerprint density at radius 3 is 2.36 bits per heavy atom. The van der Waals surface area contributed by atoms with E-state index >= 15 is 0 Å². The molecule has 0 amide bonds. The molecule has 0 radical (unpaired) electrons. The van der Waals surface area contributed by atoms with Crippen LogP contribution in [0.5, 0.6) is 0 Å². The van der Waals surface area contributed by atoms with E-state index in [4.69, 9.17) is 5.41 Å². The van der Waals surface area contributed by atoms with E-state index in [9.17, 15) is 4.79 Å². The summed E-state index contributed by atoms with van der Waals surface area (Å²) in [6.45, 7) is 1.68. The zero-order valence-corrected chi connectivity index (χ0v) is 9.09. The van der Waals surface area contributed by atoms with Gasteiger partial charge in [0, 0.05) is 6.42 Å². The number of ketones is 1. The molecule has 1 N–H and O–H groups in total. The Morgan fingerprint density at radius 1 is 1.29 bits per heavy atom. The number of nitrogens with one attached hydrogen (secondary N) is 1. The zero-order chi connectivity index (χ0) is 10.4. The molecule has 0 aromatic rings. The van der Waals surface area contributed by atoms with Crippen molar-refractivity contribution in [1.29, 1.82) is 5.41 Å². The topological polar surface area (TPSA) is 40.9 Å². The van der Waals surface area contributed by atoms with Crippen LogP contribution in [0.2, 0.25) is 0 Å². The molecule has 2 nitrogen and oxygen atoms in total. The normalized spacial score (nSPS) is 27.2. The average molecular weight is 195 g/mol. The Balaban J connectivity index is 2.15. The summed E-state index contributed by atoms with van der Waals surface area (Å²) >= 11 is 0. The van der Waals surface area contributed by atoms with Gasteiger partial charge in [-0.1, -0.05) is 12.8 Å². The van der Waals surface area contributed by atoms with E-state index < -0.39 is 0 Å². The lowest BCUT2D eigenvalue weighted by Crippen LogP contribution is -2.15. The summed E-state index contributed by atoms with van der Waals surface area (Å²) in [7, 11) is 0. The average Bonchev–Trinajstić information content (AvgIpc) is 2.17. The van der Waals surface area contributed by atoms with Gasteiger partial charge in [-0.15, -0.1) is 0 Å². The molecule has 0 spiro atoms. The third-order valence-electron chi connectivity index (χ3n) is 3.32. The van der Waals surface area contributed by atoms with Crippen LogP contribution in [0.4, 0.5) is 0 Å². The number of hydrogen-bond acceptors (Lipinski definition) is 2. The monoisotopic (exact) mass is 195 g/mol. The lowest BCUT2D eigenvalue weighted by atomic mass is 9.79. The molecule has 0 atom stereocenters. The van der Waals surface area contributed by atoms with Gasteiger partial charge in [0.2, 0.25) is 0 Å². The quantitative estimate of drug-likeness (QED) is 0.672. The van der Waals surface area contributed by atoms with Crippen LogP contribution in [0.1, 0.15) is 51.9 Å². The Morgan fingerprint density at radius 2 is 1.86 bits per heavy atom. The SMILES string of the molecule is CC(=O)CCC1CCC(CC=N)CC1. The van der Waals surface area contributed by atoms with Crippen molar-refractivity contribution in [3.8, 4) is 0 Å². The van der Waals surface area contributed by atoms with Crippen LogP contribution in [-0.4, -0.2) is 12.0 Å². The van der Waals surface area contributed by atoms with E-state index in [0.717, 1.165) is 31.1 Å². The molecule has 0 unspecified atom stereocenters. The molecular formula is C12H21NO. The summed E-state index contributed by atoms with van der Waals surface area (Å²) in [5.41, 5.74) is 0. The lowest BCUT2D eigenvalue weighted by molar-refractivity contribution is -0.117. The number of carbonyl (C=O) groups is 1. The van der Waals surface area contributed by atoms with Crippen molar-refractivity contribution < 1.29 is 4.79 Å². The molecule has 14 heavy (non-hydrogen) atoms. The molecule has 0 bridgehead atoms. The Kier molecular flexibility index (Phi) is 4.85. The maximum absolute atomic E-state index is 10.8. The third-order valence-corrected chi connectivity index (χ3v) is 3.32. The Labute approximate surface area is 86.6 Å². The molecule has 1 fully saturated rings. The molecule has 1 rings (SSSR count). The molecule has 0 saturated heterocycles. The van der Waals surface area contributed by atoms with E-state index in [0.29, 0.717) is 5.78 Å². The van der Waals surface area contributed by atoms with Crippen LogP contribution >= 0.6 is 0 Å². The third kappa shape index (κ3) is 4.03. The highest BCUT2D eigenvalue weighted by atomic mass is 16.1. The molecule has 1 aliphatic carbocycles. The van der Waals surface area contributed by atoms with E-state index in [2.05, 4.69) is 0 Å². The number of Topliss-reactive ketones (excluding diaryl/α,β-unsaturated/α-hetero) is 1. The van der Waals surface area contributed by atoms with Crippen LogP contribution in [-0.2, 0) is 4.79 Å². The van der Waals surface area contributed by atoms with Crippen molar-refractivity contribution in [2.24, 2.45) is 11.8 Å². The fourth-order valence-corrected chi connectivity index (χ4v) is 2.33. The lowest BCUT2D eigenvalue weighted by Gasteiger charge is -2.27. The standard InChI is InChI=1S/C12H21NO/c1-10(14)2-3-11-4-6-12(7-5-11)8-9-13/h9,11-13H,2-8H2,1H3. The minimum atomic E-state index is 0.326. The second kappa shape index (κ2) is 5.94. The molecule has 80 valence electrons. The molecule has 0 aromatic heterocycles. The van der Waals surface area contributed by atoms with E-state index in [1.165, 1.54) is 25.7 Å². The summed E-state index contributed by atoms with van der Waals surface area (Å²) in [6.07, 6.45) is 9.42.